The molecule has 0 saturated heterocycles. The van der Waals surface area contributed by atoms with E-state index in [1.807, 2.05) is 36.4 Å². The van der Waals surface area contributed by atoms with Crippen LogP contribution in [0.4, 0.5) is 0 Å². The van der Waals surface area contributed by atoms with E-state index in [1.165, 1.54) is 0 Å². The van der Waals surface area contributed by atoms with E-state index in [4.69, 9.17) is 10.5 Å². The highest BCUT2D eigenvalue weighted by Crippen LogP contribution is 2.27. The molecule has 0 amide bonds. The number of fused-ring (bicyclic) bond motifs is 1. The van der Waals surface area contributed by atoms with Crippen LogP contribution >= 0.6 is 15.9 Å². The van der Waals surface area contributed by atoms with E-state index in [1.54, 1.807) is 12.4 Å². The van der Waals surface area contributed by atoms with Crippen LogP contribution < -0.4 is 10.5 Å². The van der Waals surface area contributed by atoms with E-state index >= 15 is 0 Å². The van der Waals surface area contributed by atoms with E-state index in [0.29, 0.717) is 18.2 Å². The van der Waals surface area contributed by atoms with Gasteiger partial charge in [0.15, 0.2) is 0 Å². The Kier molecular flexibility index (Phi) is 3.62. The monoisotopic (exact) mass is 329 g/mol. The number of nitrogens with two attached hydrogens (primary N) is 1. The maximum absolute atomic E-state index is 5.81. The highest BCUT2D eigenvalue weighted by atomic mass is 79.9. The first-order valence-corrected chi connectivity index (χ1v) is 6.93. The fourth-order valence-corrected chi connectivity index (χ4v) is 2.28. The van der Waals surface area contributed by atoms with E-state index in [2.05, 4.69) is 25.9 Å². The average molecular weight is 330 g/mol. The first-order valence-electron chi connectivity index (χ1n) is 6.13. The molecule has 0 fully saturated rings. The summed E-state index contributed by atoms with van der Waals surface area (Å²) < 4.78 is 6.66. The van der Waals surface area contributed by atoms with Crippen LogP contribution in [-0.2, 0) is 6.54 Å². The van der Waals surface area contributed by atoms with Gasteiger partial charge >= 0.3 is 0 Å². The summed E-state index contributed by atoms with van der Waals surface area (Å²) in [4.78, 5) is 8.59. The molecule has 2 N–H and O–H groups in total. The van der Waals surface area contributed by atoms with Gasteiger partial charge in [0.05, 0.1) is 11.7 Å². The maximum Gasteiger partial charge on any atom is 0.224 e. The minimum atomic E-state index is 0.370. The van der Waals surface area contributed by atoms with Gasteiger partial charge in [0.2, 0.25) is 5.88 Å². The molecular weight excluding hydrogens is 318 g/mol. The molecule has 2 aromatic heterocycles. The molecule has 20 heavy (non-hydrogen) atoms. The van der Waals surface area contributed by atoms with Crippen LogP contribution in [0, 0.1) is 0 Å². The molecular formula is C15H12BrN3O. The summed E-state index contributed by atoms with van der Waals surface area (Å²) in [6, 6.07) is 11.7. The van der Waals surface area contributed by atoms with Gasteiger partial charge < -0.3 is 10.5 Å². The predicted octanol–water partition coefficient (Wildman–Crippen LogP) is 3.64. The fourth-order valence-electron chi connectivity index (χ4n) is 1.94. The Morgan fingerprint density at radius 1 is 1.15 bits per heavy atom. The summed E-state index contributed by atoms with van der Waals surface area (Å²) in [5, 5.41) is 1.05. The van der Waals surface area contributed by atoms with E-state index in [-0.39, 0.29) is 0 Å². The minimum absolute atomic E-state index is 0.370. The molecule has 5 heteroatoms. The van der Waals surface area contributed by atoms with Gasteiger partial charge in [0.1, 0.15) is 5.75 Å². The summed E-state index contributed by atoms with van der Waals surface area (Å²) in [5.74, 6) is 1.14. The standard InChI is InChI=1S/C15H12BrN3O/c16-12-6-13(9-18-8-12)20-15-11(7-17)5-10-3-1-2-4-14(10)19-15/h1-6,8-9H,7,17H2. The Bertz CT molecular complexity index is 761. The molecule has 0 aliphatic carbocycles. The molecule has 100 valence electrons. The second kappa shape index (κ2) is 5.56. The Morgan fingerprint density at radius 3 is 2.80 bits per heavy atom. The van der Waals surface area contributed by atoms with Crippen LogP contribution in [-0.4, -0.2) is 9.97 Å². The predicted molar refractivity (Wildman–Crippen MR) is 81.6 cm³/mol. The third-order valence-corrected chi connectivity index (χ3v) is 3.31. The van der Waals surface area contributed by atoms with Gasteiger partial charge in [-0.3, -0.25) is 4.98 Å². The Hall–Kier alpha value is -1.98. The van der Waals surface area contributed by atoms with Crippen LogP contribution in [0.25, 0.3) is 10.9 Å². The number of benzene rings is 1. The van der Waals surface area contributed by atoms with Gasteiger partial charge in [-0.2, -0.15) is 0 Å². The highest BCUT2D eigenvalue weighted by molar-refractivity contribution is 9.10. The quantitative estimate of drug-likeness (QED) is 0.796. The van der Waals surface area contributed by atoms with Crippen molar-refractivity contribution in [2.45, 2.75) is 6.54 Å². The average Bonchev–Trinajstić information content (AvgIpc) is 2.46. The van der Waals surface area contributed by atoms with Gasteiger partial charge in [-0.15, -0.1) is 0 Å². The Morgan fingerprint density at radius 2 is 2.00 bits per heavy atom. The second-order valence-corrected chi connectivity index (χ2v) is 5.21. The summed E-state index contributed by atoms with van der Waals surface area (Å²) in [5.41, 5.74) is 7.52. The van der Waals surface area contributed by atoms with Crippen molar-refractivity contribution >= 4 is 26.8 Å². The molecule has 0 unspecified atom stereocenters. The van der Waals surface area contributed by atoms with Crippen LogP contribution in [0.5, 0.6) is 11.6 Å². The molecule has 0 aliphatic rings. The zero-order valence-electron chi connectivity index (χ0n) is 10.6. The third kappa shape index (κ3) is 2.64. The Balaban J connectivity index is 2.05. The smallest absolute Gasteiger partial charge is 0.224 e. The number of ether oxygens (including phenoxy) is 1. The summed E-state index contributed by atoms with van der Waals surface area (Å²) in [7, 11) is 0. The fraction of sp³-hybridized carbons (Fsp3) is 0.0667. The van der Waals surface area contributed by atoms with Gasteiger partial charge in [-0.05, 0) is 34.1 Å². The summed E-state index contributed by atoms with van der Waals surface area (Å²) in [6.45, 7) is 0.370. The SMILES string of the molecule is NCc1cc2ccccc2nc1Oc1cncc(Br)c1. The maximum atomic E-state index is 5.81. The number of nitrogens with zero attached hydrogens (tertiary/aromatic N) is 2. The van der Waals surface area contributed by atoms with E-state index in [9.17, 15) is 0 Å². The lowest BCUT2D eigenvalue weighted by molar-refractivity contribution is 0.456. The molecule has 4 nitrogen and oxygen atoms in total. The van der Waals surface area contributed by atoms with Crippen LogP contribution in [0.15, 0.2) is 53.3 Å². The summed E-state index contributed by atoms with van der Waals surface area (Å²) in [6.07, 6.45) is 3.34. The third-order valence-electron chi connectivity index (χ3n) is 2.88. The van der Waals surface area contributed by atoms with Crippen molar-refractivity contribution in [1.82, 2.24) is 9.97 Å². The number of aromatic nitrogens is 2. The number of para-hydroxylation sites is 1. The lowest BCUT2D eigenvalue weighted by Gasteiger charge is -2.10. The summed E-state index contributed by atoms with van der Waals surface area (Å²) >= 11 is 3.36. The zero-order valence-corrected chi connectivity index (χ0v) is 12.2. The van der Waals surface area contributed by atoms with Crippen molar-refractivity contribution in [3.63, 3.8) is 0 Å². The van der Waals surface area contributed by atoms with Crippen molar-refractivity contribution in [2.24, 2.45) is 5.73 Å². The van der Waals surface area contributed by atoms with Crippen LogP contribution in [0.3, 0.4) is 0 Å². The largest absolute Gasteiger partial charge is 0.437 e. The van der Waals surface area contributed by atoms with Crippen molar-refractivity contribution in [1.29, 1.82) is 0 Å². The van der Waals surface area contributed by atoms with Crippen LogP contribution in [0.2, 0.25) is 0 Å². The molecule has 2 heterocycles. The molecule has 3 rings (SSSR count). The van der Waals surface area contributed by atoms with Gasteiger partial charge in [-0.25, -0.2) is 4.98 Å². The normalized spacial score (nSPS) is 10.7. The molecule has 0 aliphatic heterocycles. The first kappa shape index (κ1) is 13.0. The van der Waals surface area contributed by atoms with Crippen molar-refractivity contribution < 1.29 is 4.74 Å². The number of halogens is 1. The molecule has 0 radical (unpaired) electrons. The van der Waals surface area contributed by atoms with Crippen molar-refractivity contribution in [3.8, 4) is 11.6 Å². The molecule has 3 aromatic rings. The van der Waals surface area contributed by atoms with Gasteiger partial charge in [-0.1, -0.05) is 18.2 Å². The number of hydrogen-bond donors (Lipinski definition) is 1. The number of rotatable bonds is 3. The number of hydrogen-bond acceptors (Lipinski definition) is 4. The lowest BCUT2D eigenvalue weighted by Crippen LogP contribution is -2.02. The molecule has 0 bridgehead atoms. The van der Waals surface area contributed by atoms with Gasteiger partial charge in [0, 0.05) is 28.2 Å². The van der Waals surface area contributed by atoms with Crippen LogP contribution in [0.1, 0.15) is 5.56 Å². The number of pyridine rings is 2. The molecule has 0 atom stereocenters. The van der Waals surface area contributed by atoms with Crippen molar-refractivity contribution in [2.75, 3.05) is 0 Å². The lowest BCUT2D eigenvalue weighted by atomic mass is 10.1. The molecule has 1 aromatic carbocycles. The highest BCUT2D eigenvalue weighted by Gasteiger charge is 2.08. The zero-order chi connectivity index (χ0) is 13.9. The topological polar surface area (TPSA) is 61.0 Å². The van der Waals surface area contributed by atoms with E-state index < -0.39 is 0 Å². The minimum Gasteiger partial charge on any atom is -0.437 e. The van der Waals surface area contributed by atoms with E-state index in [0.717, 1.165) is 20.9 Å². The second-order valence-electron chi connectivity index (χ2n) is 4.29. The van der Waals surface area contributed by atoms with Gasteiger partial charge in [0.25, 0.3) is 0 Å². The van der Waals surface area contributed by atoms with Crippen molar-refractivity contribution in [3.05, 3.63) is 58.8 Å². The molecule has 0 spiro atoms. The molecule has 0 saturated carbocycles. The first-order chi connectivity index (χ1) is 9.76. The Labute approximate surface area is 124 Å².